The Kier molecular flexibility index (Phi) is 6.26. The van der Waals surface area contributed by atoms with E-state index < -0.39 is 0 Å². The van der Waals surface area contributed by atoms with Crippen LogP contribution in [0.3, 0.4) is 0 Å². The number of nitrogens with zero attached hydrogens (tertiary/aromatic N) is 3. The summed E-state index contributed by atoms with van der Waals surface area (Å²) < 4.78 is 5.53. The Labute approximate surface area is 250 Å². The minimum absolute atomic E-state index is 0.330. The second kappa shape index (κ2) is 10.7. The van der Waals surface area contributed by atoms with Crippen LogP contribution in [0, 0.1) is 0 Å². The van der Waals surface area contributed by atoms with Crippen molar-refractivity contribution >= 4 is 28.8 Å². The lowest BCUT2D eigenvalue weighted by Crippen LogP contribution is -2.37. The van der Waals surface area contributed by atoms with Crippen molar-refractivity contribution in [1.82, 2.24) is 10.3 Å². The zero-order chi connectivity index (χ0) is 28.6. The highest BCUT2D eigenvalue weighted by atomic mass is 16.3. The van der Waals surface area contributed by atoms with Gasteiger partial charge in [0.25, 0.3) is 0 Å². The Morgan fingerprint density at radius 3 is 2.16 bits per heavy atom. The van der Waals surface area contributed by atoms with Crippen LogP contribution in [0.4, 0.5) is 0 Å². The molecular formula is C38H28N4O. The van der Waals surface area contributed by atoms with E-state index >= 15 is 0 Å². The fraction of sp³-hybridized carbons (Fsp3) is 0.0789. The zero-order valence-corrected chi connectivity index (χ0v) is 23.4. The molecule has 0 spiro atoms. The van der Waals surface area contributed by atoms with Gasteiger partial charge in [0.1, 0.15) is 17.2 Å². The first-order chi connectivity index (χ1) is 21.3. The number of hydrogen-bond donors (Lipinski definition) is 1. The molecule has 5 heteroatoms. The van der Waals surface area contributed by atoms with Gasteiger partial charge in [-0.05, 0) is 63.9 Å². The number of benzene rings is 5. The third-order valence-electron chi connectivity index (χ3n) is 8.21. The maximum absolute atomic E-state index is 5.53. The van der Waals surface area contributed by atoms with Gasteiger partial charge in [0, 0.05) is 11.1 Å². The first-order valence-electron chi connectivity index (χ1n) is 14.6. The predicted octanol–water partition coefficient (Wildman–Crippen LogP) is 8.64. The lowest BCUT2D eigenvalue weighted by atomic mass is 9.88. The number of aliphatic imine (C=N–C) groups is 2. The molecule has 1 atom stereocenters. The van der Waals surface area contributed by atoms with E-state index in [9.17, 15) is 0 Å². The molecule has 8 rings (SSSR count). The van der Waals surface area contributed by atoms with Gasteiger partial charge in [0.15, 0.2) is 18.1 Å². The minimum Gasteiger partial charge on any atom is -0.443 e. The van der Waals surface area contributed by atoms with Gasteiger partial charge in [0.05, 0.1) is 0 Å². The van der Waals surface area contributed by atoms with Crippen molar-refractivity contribution in [3.8, 4) is 22.3 Å². The highest BCUT2D eigenvalue weighted by molar-refractivity contribution is 6.17. The fourth-order valence-electron chi connectivity index (χ4n) is 5.95. The molecule has 1 aromatic heterocycles. The van der Waals surface area contributed by atoms with E-state index in [1.165, 1.54) is 34.2 Å². The van der Waals surface area contributed by atoms with E-state index in [1.807, 2.05) is 36.4 Å². The number of para-hydroxylation sites is 1. The van der Waals surface area contributed by atoms with Crippen LogP contribution in [-0.2, 0) is 6.42 Å². The number of nitrogens with one attached hydrogen (secondary N) is 1. The lowest BCUT2D eigenvalue weighted by molar-refractivity contribution is 0.602. The zero-order valence-electron chi connectivity index (χ0n) is 23.4. The van der Waals surface area contributed by atoms with Crippen LogP contribution < -0.4 is 5.32 Å². The van der Waals surface area contributed by atoms with Crippen LogP contribution in [0.5, 0.6) is 0 Å². The monoisotopic (exact) mass is 556 g/mol. The first-order valence-corrected chi connectivity index (χ1v) is 14.6. The van der Waals surface area contributed by atoms with Gasteiger partial charge in [-0.25, -0.2) is 15.0 Å². The molecule has 0 radical (unpaired) electrons. The van der Waals surface area contributed by atoms with Crippen LogP contribution in [0.15, 0.2) is 148 Å². The van der Waals surface area contributed by atoms with Gasteiger partial charge in [-0.1, -0.05) is 115 Å². The number of amidine groups is 2. The minimum atomic E-state index is -0.330. The topological polar surface area (TPSA) is 62.8 Å². The molecule has 2 heterocycles. The predicted molar refractivity (Wildman–Crippen MR) is 174 cm³/mol. The second-order valence-corrected chi connectivity index (χ2v) is 10.9. The Morgan fingerprint density at radius 2 is 1.35 bits per heavy atom. The molecule has 206 valence electrons. The summed E-state index contributed by atoms with van der Waals surface area (Å²) in [5.41, 5.74) is 12.2. The third kappa shape index (κ3) is 4.85. The van der Waals surface area contributed by atoms with Crippen molar-refractivity contribution in [2.75, 3.05) is 0 Å². The average molecular weight is 557 g/mol. The fourth-order valence-corrected chi connectivity index (χ4v) is 5.95. The molecule has 43 heavy (non-hydrogen) atoms. The number of aromatic nitrogens is 1. The lowest BCUT2D eigenvalue weighted by Gasteiger charge is -2.25. The Bertz CT molecular complexity index is 2040. The van der Waals surface area contributed by atoms with E-state index in [-0.39, 0.29) is 6.17 Å². The quantitative estimate of drug-likeness (QED) is 0.231. The molecule has 5 aromatic carbocycles. The smallest absolute Gasteiger partial charge is 0.182 e. The highest BCUT2D eigenvalue weighted by Crippen LogP contribution is 2.34. The number of rotatable bonds is 5. The van der Waals surface area contributed by atoms with Gasteiger partial charge in [0.2, 0.25) is 0 Å². The van der Waals surface area contributed by atoms with Crippen LogP contribution in [0.2, 0.25) is 0 Å². The van der Waals surface area contributed by atoms with Crippen LogP contribution in [-0.4, -0.2) is 16.7 Å². The van der Waals surface area contributed by atoms with E-state index in [0.29, 0.717) is 0 Å². The summed E-state index contributed by atoms with van der Waals surface area (Å²) in [5, 5.41) is 3.57. The second-order valence-electron chi connectivity index (χ2n) is 10.9. The summed E-state index contributed by atoms with van der Waals surface area (Å²) in [6.45, 7) is 0. The van der Waals surface area contributed by atoms with Crippen molar-refractivity contribution < 1.29 is 4.42 Å². The molecule has 0 amide bonds. The van der Waals surface area contributed by atoms with E-state index in [1.54, 1.807) is 0 Å². The van der Waals surface area contributed by atoms with Crippen molar-refractivity contribution in [3.63, 3.8) is 0 Å². The van der Waals surface area contributed by atoms with Gasteiger partial charge in [-0.2, -0.15) is 0 Å². The van der Waals surface area contributed by atoms with Gasteiger partial charge in [-0.3, -0.25) is 0 Å². The van der Waals surface area contributed by atoms with Gasteiger partial charge in [-0.15, -0.1) is 0 Å². The SMILES string of the molecule is C1=C(C2=NC(c3ccc(-c4ccccc4)cc3)N=C(c3ccccc3)N2)CCc2cc(-c3cccc4ocnc34)ccc21. The number of hydrogen-bond acceptors (Lipinski definition) is 5. The summed E-state index contributed by atoms with van der Waals surface area (Å²) >= 11 is 0. The number of aryl methyl sites for hydroxylation is 1. The average Bonchev–Trinajstić information content (AvgIpc) is 3.58. The molecule has 2 aliphatic rings. The van der Waals surface area contributed by atoms with Crippen molar-refractivity contribution in [2.24, 2.45) is 9.98 Å². The molecule has 1 unspecified atom stereocenters. The van der Waals surface area contributed by atoms with Gasteiger partial charge < -0.3 is 9.73 Å². The van der Waals surface area contributed by atoms with Crippen molar-refractivity contribution in [2.45, 2.75) is 19.0 Å². The summed E-state index contributed by atoms with van der Waals surface area (Å²) in [5.74, 6) is 1.72. The van der Waals surface area contributed by atoms with Crippen LogP contribution >= 0.6 is 0 Å². The molecule has 0 fully saturated rings. The Balaban J connectivity index is 1.14. The van der Waals surface area contributed by atoms with Crippen LogP contribution in [0.25, 0.3) is 39.4 Å². The van der Waals surface area contributed by atoms with Crippen molar-refractivity contribution in [3.05, 3.63) is 156 Å². The van der Waals surface area contributed by atoms with E-state index in [2.05, 4.69) is 101 Å². The molecule has 5 nitrogen and oxygen atoms in total. The summed E-state index contributed by atoms with van der Waals surface area (Å²) in [6.07, 6.45) is 5.27. The molecule has 0 saturated carbocycles. The van der Waals surface area contributed by atoms with E-state index in [4.69, 9.17) is 14.4 Å². The highest BCUT2D eigenvalue weighted by Gasteiger charge is 2.24. The summed E-state index contributed by atoms with van der Waals surface area (Å²) in [6, 6.07) is 42.1. The third-order valence-corrected chi connectivity index (χ3v) is 8.21. The number of oxazole rings is 1. The molecular weight excluding hydrogens is 528 g/mol. The maximum Gasteiger partial charge on any atom is 0.182 e. The summed E-state index contributed by atoms with van der Waals surface area (Å²) in [7, 11) is 0. The Hall–Kier alpha value is -5.55. The molecule has 1 aliphatic carbocycles. The standard InChI is InChI=1S/C38H28N4O/c1-3-8-25(9-4-1)26-14-16-28(17-15-26)37-40-36(27-10-5-2-6-11-27)41-38(42-37)32-21-19-29-22-31(20-18-30(29)23-32)33-12-7-13-34-35(33)39-24-43-34/h1-18,20,22-24,37H,19,21H2,(H,40,41,42). The maximum atomic E-state index is 5.53. The molecule has 6 aromatic rings. The van der Waals surface area contributed by atoms with Crippen LogP contribution in [0.1, 0.15) is 34.8 Å². The molecule has 1 aliphatic heterocycles. The Morgan fingerprint density at radius 1 is 0.628 bits per heavy atom. The first kappa shape index (κ1) is 25.2. The van der Waals surface area contributed by atoms with Crippen molar-refractivity contribution in [1.29, 1.82) is 0 Å². The van der Waals surface area contributed by atoms with E-state index in [0.717, 1.165) is 57.9 Å². The summed E-state index contributed by atoms with van der Waals surface area (Å²) in [4.78, 5) is 14.7. The normalized spacial score (nSPS) is 16.1. The molecule has 1 N–H and O–H groups in total. The number of fused-ring (bicyclic) bond motifs is 2. The van der Waals surface area contributed by atoms with Gasteiger partial charge >= 0.3 is 0 Å². The largest absolute Gasteiger partial charge is 0.443 e. The molecule has 0 bridgehead atoms. The molecule has 0 saturated heterocycles.